The van der Waals surface area contributed by atoms with Gasteiger partial charge in [0, 0.05) is 124 Å². The number of para-hydroxylation sites is 2. The van der Waals surface area contributed by atoms with Crippen LogP contribution in [-0.2, 0) is 41.5 Å². The molecule has 456 valence electrons. The van der Waals surface area contributed by atoms with Gasteiger partial charge in [0.05, 0.1) is 54.7 Å². The zero-order chi connectivity index (χ0) is 61.7. The first-order chi connectivity index (χ1) is 41.1. The summed E-state index contributed by atoms with van der Waals surface area (Å²) in [7, 11) is 6.26. The van der Waals surface area contributed by atoms with Gasteiger partial charge in [0.1, 0.15) is 36.2 Å². The number of fused-ring (bicyclic) bond motifs is 2. The summed E-state index contributed by atoms with van der Waals surface area (Å²) < 4.78 is 84.7. The SMILES string of the molecule is COc1cc2c(=O)n(C)n(Cc3ccccc3OC(F)F)c2cc1-c1cnc(N2CCN(C(=O)CO)[C@H](C)C2)nc1.COc1cc2c(=O)n(C)n(Cc3ccccc3OC(F)F)c2cc1-c1cnc(N2CCN(C(=O)COC(C)(C)C)[C@H](C)C2)nc1. The molecule has 26 heteroatoms. The number of anilines is 2. The average Bonchev–Trinajstić information content (AvgIpc) is 1.69. The third-order valence-electron chi connectivity index (χ3n) is 15.1. The van der Waals surface area contributed by atoms with Crippen LogP contribution >= 0.6 is 0 Å². The number of rotatable bonds is 17. The summed E-state index contributed by atoms with van der Waals surface area (Å²) in [5.41, 5.74) is 3.85. The number of aliphatic hydroxyl groups is 1. The third-order valence-corrected chi connectivity index (χ3v) is 15.1. The number of aromatic nitrogens is 8. The Hall–Kier alpha value is -9.04. The van der Waals surface area contributed by atoms with Gasteiger partial charge in [0.25, 0.3) is 11.1 Å². The Labute approximate surface area is 492 Å². The molecule has 0 unspecified atom stereocenters. The van der Waals surface area contributed by atoms with E-state index in [1.807, 2.05) is 55.4 Å². The number of piperazine rings is 2. The van der Waals surface area contributed by atoms with E-state index < -0.39 is 25.4 Å². The van der Waals surface area contributed by atoms with E-state index in [0.717, 1.165) is 0 Å². The Morgan fingerprint density at radius 1 is 0.605 bits per heavy atom. The number of carbonyl (C=O) groups is 2. The lowest BCUT2D eigenvalue weighted by Gasteiger charge is -2.40. The monoisotopic (exact) mass is 1190 g/mol. The van der Waals surface area contributed by atoms with Crippen LogP contribution in [-0.4, -0.2) is 163 Å². The van der Waals surface area contributed by atoms with E-state index in [-0.39, 0.29) is 66.2 Å². The number of hydrogen-bond donors (Lipinski definition) is 1. The fraction of sp³-hybridized carbons (Fsp3) is 0.400. The zero-order valence-corrected chi connectivity index (χ0v) is 49.1. The standard InChI is InChI=1S/C32H38F2N6O5.C28H30F2N6O5/c1-20-17-38(11-12-39(20)28(41)19-44-32(2,3)4)31-35-15-22(16-36-31)23-13-25-24(14-27(23)43-6)29(42)37(5)40(25)18-21-9-7-8-10-26(21)45-30(33)34;1-17-14-34(8-9-35(17)25(38)16-37)28-31-12-19(13-32-28)20-10-22-21(11-24(20)40-3)26(39)33(2)36(22)15-18-6-4-5-7-23(18)41-27(29)30/h7-10,13-16,20,30H,11-12,17-19H2,1-6H3;4-7,10-13,17,27,37H,8-9,14-16H2,1-3H3/t20-;17-/m11/s1. The highest BCUT2D eigenvalue weighted by molar-refractivity contribution is 5.89. The van der Waals surface area contributed by atoms with Crippen LogP contribution in [0.4, 0.5) is 29.5 Å². The van der Waals surface area contributed by atoms with Crippen molar-refractivity contribution in [3.8, 4) is 45.3 Å². The van der Waals surface area contributed by atoms with E-state index in [9.17, 15) is 41.8 Å². The molecular formula is C60H68F4N12O10. The van der Waals surface area contributed by atoms with Crippen LogP contribution in [0, 0.1) is 0 Å². The number of ether oxygens (including phenoxy) is 5. The van der Waals surface area contributed by atoms with Gasteiger partial charge in [0.15, 0.2) is 0 Å². The van der Waals surface area contributed by atoms with Gasteiger partial charge >= 0.3 is 13.2 Å². The van der Waals surface area contributed by atoms with Crippen molar-refractivity contribution >= 4 is 45.5 Å². The van der Waals surface area contributed by atoms with E-state index in [2.05, 4.69) is 19.9 Å². The first-order valence-corrected chi connectivity index (χ1v) is 27.7. The molecule has 2 aliphatic rings. The summed E-state index contributed by atoms with van der Waals surface area (Å²) in [4.78, 5) is 76.8. The highest BCUT2D eigenvalue weighted by Crippen LogP contribution is 2.36. The molecule has 86 heavy (non-hydrogen) atoms. The van der Waals surface area contributed by atoms with E-state index in [1.165, 1.54) is 35.7 Å². The molecule has 8 aromatic rings. The summed E-state index contributed by atoms with van der Waals surface area (Å²) in [6.07, 6.45) is 6.73. The average molecular weight is 1190 g/mol. The largest absolute Gasteiger partial charge is 0.496 e. The Kier molecular flexibility index (Phi) is 18.6. The molecule has 10 rings (SSSR count). The van der Waals surface area contributed by atoms with Gasteiger partial charge < -0.3 is 48.4 Å². The molecule has 0 radical (unpaired) electrons. The molecule has 0 bridgehead atoms. The molecule has 4 aromatic carbocycles. The fourth-order valence-electron chi connectivity index (χ4n) is 10.7. The summed E-state index contributed by atoms with van der Waals surface area (Å²) in [5, 5.41) is 10.0. The topological polar surface area (TPSA) is 219 Å². The van der Waals surface area contributed by atoms with Gasteiger partial charge in [-0.25, -0.2) is 19.9 Å². The Morgan fingerprint density at radius 2 is 1.00 bits per heavy atom. The van der Waals surface area contributed by atoms with Gasteiger partial charge in [0.2, 0.25) is 23.7 Å². The molecular weight excluding hydrogens is 1120 g/mol. The first-order valence-electron chi connectivity index (χ1n) is 27.7. The van der Waals surface area contributed by atoms with E-state index in [1.54, 1.807) is 108 Å². The highest BCUT2D eigenvalue weighted by atomic mass is 19.3. The second kappa shape index (κ2) is 26.1. The molecule has 22 nitrogen and oxygen atoms in total. The number of amides is 2. The van der Waals surface area contributed by atoms with Crippen LogP contribution in [0.1, 0.15) is 45.7 Å². The van der Waals surface area contributed by atoms with Gasteiger partial charge in [-0.15, -0.1) is 0 Å². The van der Waals surface area contributed by atoms with Crippen LogP contribution in [0.3, 0.4) is 0 Å². The molecule has 2 amide bonds. The van der Waals surface area contributed by atoms with Crippen molar-refractivity contribution in [3.63, 3.8) is 0 Å². The van der Waals surface area contributed by atoms with Crippen LogP contribution in [0.15, 0.2) is 107 Å². The second-order valence-electron chi connectivity index (χ2n) is 21.8. The number of aliphatic hydroxyl groups excluding tert-OH is 1. The molecule has 6 heterocycles. The second-order valence-corrected chi connectivity index (χ2v) is 21.8. The van der Waals surface area contributed by atoms with Crippen molar-refractivity contribution in [3.05, 3.63) is 129 Å². The number of methoxy groups -OCH3 is 2. The van der Waals surface area contributed by atoms with Gasteiger partial charge in [-0.05, 0) is 71.0 Å². The van der Waals surface area contributed by atoms with Crippen LogP contribution < -0.4 is 39.9 Å². The fourth-order valence-corrected chi connectivity index (χ4v) is 10.7. The maximum absolute atomic E-state index is 13.2. The minimum Gasteiger partial charge on any atom is -0.496 e. The Bertz CT molecular complexity index is 3850. The third kappa shape index (κ3) is 13.4. The number of carbonyl (C=O) groups excluding carboxylic acids is 2. The summed E-state index contributed by atoms with van der Waals surface area (Å²) in [6.45, 7) is 6.64. The van der Waals surface area contributed by atoms with Crippen molar-refractivity contribution in [2.75, 3.05) is 76.5 Å². The molecule has 0 spiro atoms. The minimum absolute atomic E-state index is 0.0328. The zero-order valence-electron chi connectivity index (χ0n) is 49.1. The molecule has 2 fully saturated rings. The number of benzene rings is 4. The van der Waals surface area contributed by atoms with Crippen molar-refractivity contribution in [1.29, 1.82) is 0 Å². The lowest BCUT2D eigenvalue weighted by molar-refractivity contribution is -0.143. The van der Waals surface area contributed by atoms with Crippen LogP contribution in [0.5, 0.6) is 23.0 Å². The van der Waals surface area contributed by atoms with E-state index in [0.29, 0.717) is 118 Å². The molecule has 2 saturated heterocycles. The van der Waals surface area contributed by atoms with Crippen LogP contribution in [0.2, 0.25) is 0 Å². The normalized spacial score (nSPS) is 15.6. The van der Waals surface area contributed by atoms with Crippen molar-refractivity contribution in [2.24, 2.45) is 14.1 Å². The van der Waals surface area contributed by atoms with Crippen molar-refractivity contribution in [2.45, 2.75) is 78.6 Å². The summed E-state index contributed by atoms with van der Waals surface area (Å²) >= 11 is 0. The predicted molar refractivity (Wildman–Crippen MR) is 313 cm³/mol. The molecule has 1 N–H and O–H groups in total. The first kappa shape index (κ1) is 61.5. The summed E-state index contributed by atoms with van der Waals surface area (Å²) in [5.74, 6) is 1.69. The molecule has 4 aromatic heterocycles. The predicted octanol–water partition coefficient (Wildman–Crippen LogP) is 6.79. The number of nitrogens with zero attached hydrogens (tertiary/aromatic N) is 12. The van der Waals surface area contributed by atoms with Crippen molar-refractivity contribution < 1.29 is 55.9 Å². The smallest absolute Gasteiger partial charge is 0.387 e. The number of alkyl halides is 4. The Balaban J connectivity index is 0.000000206. The number of hydrogen-bond acceptors (Lipinski definition) is 16. The number of halogens is 4. The quantitative estimate of drug-likeness (QED) is 0.0928. The van der Waals surface area contributed by atoms with Crippen molar-refractivity contribution in [1.82, 2.24) is 48.5 Å². The Morgan fingerprint density at radius 3 is 1.36 bits per heavy atom. The van der Waals surface area contributed by atoms with E-state index >= 15 is 0 Å². The van der Waals surface area contributed by atoms with Gasteiger partial charge in [-0.3, -0.25) is 37.9 Å². The molecule has 0 aliphatic carbocycles. The minimum atomic E-state index is -2.98. The maximum atomic E-state index is 13.2. The van der Waals surface area contributed by atoms with Gasteiger partial charge in [-0.2, -0.15) is 17.6 Å². The molecule has 2 atom stereocenters. The maximum Gasteiger partial charge on any atom is 0.387 e. The molecule has 2 aliphatic heterocycles. The van der Waals surface area contributed by atoms with Gasteiger partial charge in [-0.1, -0.05) is 36.4 Å². The van der Waals surface area contributed by atoms with E-state index in [4.69, 9.17) is 23.7 Å². The molecule has 0 saturated carbocycles. The van der Waals surface area contributed by atoms with Crippen LogP contribution in [0.25, 0.3) is 44.1 Å². The highest BCUT2D eigenvalue weighted by Gasteiger charge is 2.31. The lowest BCUT2D eigenvalue weighted by atomic mass is 10.1. The summed E-state index contributed by atoms with van der Waals surface area (Å²) in [6, 6.07) is 19.7. The lowest BCUT2D eigenvalue weighted by Crippen LogP contribution is -2.55.